The molecule has 0 saturated carbocycles. The van der Waals surface area contributed by atoms with Gasteiger partial charge in [-0.1, -0.05) is 23.9 Å². The zero-order valence-corrected chi connectivity index (χ0v) is 18.1. The van der Waals surface area contributed by atoms with Crippen LogP contribution in [0.4, 0.5) is 5.69 Å². The highest BCUT2D eigenvalue weighted by Crippen LogP contribution is 2.18. The van der Waals surface area contributed by atoms with Crippen molar-refractivity contribution in [3.63, 3.8) is 0 Å². The van der Waals surface area contributed by atoms with Gasteiger partial charge in [-0.05, 0) is 44.9 Å². The number of fused-ring (bicyclic) bond motifs is 1. The molecule has 0 aliphatic carbocycles. The highest BCUT2D eigenvalue weighted by atomic mass is 32.2. The predicted octanol–water partition coefficient (Wildman–Crippen LogP) is 3.04. The summed E-state index contributed by atoms with van der Waals surface area (Å²) < 4.78 is 7.12. The first-order valence-corrected chi connectivity index (χ1v) is 10.7. The fourth-order valence-electron chi connectivity index (χ4n) is 2.83. The second-order valence-corrected chi connectivity index (χ2v) is 8.00. The maximum atomic E-state index is 12.9. The van der Waals surface area contributed by atoms with Crippen molar-refractivity contribution in [3.8, 4) is 0 Å². The van der Waals surface area contributed by atoms with Crippen LogP contribution in [0.25, 0.3) is 11.2 Å². The monoisotopic (exact) mass is 427 g/mol. The summed E-state index contributed by atoms with van der Waals surface area (Å²) in [5, 5.41) is 3.31. The molecule has 3 aromatic rings. The highest BCUT2D eigenvalue weighted by molar-refractivity contribution is 7.99. The summed E-state index contributed by atoms with van der Waals surface area (Å²) in [5.41, 5.74) is 2.03. The van der Waals surface area contributed by atoms with Crippen LogP contribution >= 0.6 is 11.8 Å². The lowest BCUT2D eigenvalue weighted by molar-refractivity contribution is -0.113. The van der Waals surface area contributed by atoms with Gasteiger partial charge in [-0.3, -0.25) is 14.2 Å². The van der Waals surface area contributed by atoms with Crippen molar-refractivity contribution in [2.45, 2.75) is 45.0 Å². The van der Waals surface area contributed by atoms with E-state index in [1.807, 2.05) is 45.0 Å². The van der Waals surface area contributed by atoms with E-state index in [0.29, 0.717) is 24.7 Å². The van der Waals surface area contributed by atoms with E-state index >= 15 is 0 Å². The average molecular weight is 428 g/mol. The molecular weight excluding hydrogens is 402 g/mol. The average Bonchev–Trinajstić information content (AvgIpc) is 2.71. The van der Waals surface area contributed by atoms with Crippen LogP contribution in [-0.2, 0) is 16.1 Å². The number of thioether (sulfide) groups is 1. The minimum absolute atomic E-state index is 0.120. The van der Waals surface area contributed by atoms with Crippen molar-refractivity contribution < 1.29 is 9.53 Å². The molecule has 0 bridgehead atoms. The molecule has 0 unspecified atom stereocenters. The van der Waals surface area contributed by atoms with Crippen molar-refractivity contribution in [3.05, 3.63) is 52.6 Å². The van der Waals surface area contributed by atoms with Crippen LogP contribution in [0.2, 0.25) is 0 Å². The fourth-order valence-corrected chi connectivity index (χ4v) is 3.64. The van der Waals surface area contributed by atoms with Gasteiger partial charge < -0.3 is 10.1 Å². The molecule has 0 fully saturated rings. The summed E-state index contributed by atoms with van der Waals surface area (Å²) in [6, 6.07) is 7.59. The van der Waals surface area contributed by atoms with Gasteiger partial charge in [0.1, 0.15) is 0 Å². The first-order valence-electron chi connectivity index (χ1n) is 9.76. The van der Waals surface area contributed by atoms with Crippen LogP contribution in [-0.4, -0.2) is 43.9 Å². The van der Waals surface area contributed by atoms with Gasteiger partial charge in [0.15, 0.2) is 16.3 Å². The third kappa shape index (κ3) is 5.87. The number of amides is 1. The van der Waals surface area contributed by atoms with E-state index in [1.54, 1.807) is 4.57 Å². The molecule has 0 radical (unpaired) electrons. The Kier molecular flexibility index (Phi) is 7.53. The number of ether oxygens (including phenoxy) is 1. The van der Waals surface area contributed by atoms with Gasteiger partial charge in [0, 0.05) is 31.2 Å². The summed E-state index contributed by atoms with van der Waals surface area (Å²) in [6.07, 6.45) is 3.74. The Hall–Kier alpha value is -2.78. The van der Waals surface area contributed by atoms with E-state index in [0.717, 1.165) is 11.3 Å². The number of aryl methyl sites for hydroxylation is 1. The van der Waals surface area contributed by atoms with Gasteiger partial charge in [0.2, 0.25) is 5.91 Å². The van der Waals surface area contributed by atoms with Gasteiger partial charge in [-0.25, -0.2) is 15.0 Å². The third-order valence-corrected chi connectivity index (χ3v) is 5.15. The smallest absolute Gasteiger partial charge is 0.282 e. The van der Waals surface area contributed by atoms with Crippen LogP contribution in [0, 0.1) is 6.92 Å². The van der Waals surface area contributed by atoms with Crippen molar-refractivity contribution in [1.82, 2.24) is 19.5 Å². The fraction of sp³-hybridized carbons (Fsp3) is 0.381. The molecule has 30 heavy (non-hydrogen) atoms. The normalized spacial score (nSPS) is 11.2. The molecule has 2 heterocycles. The highest BCUT2D eigenvalue weighted by Gasteiger charge is 2.15. The Balaban J connectivity index is 1.76. The number of nitrogens with one attached hydrogen (secondary N) is 1. The zero-order chi connectivity index (χ0) is 21.5. The standard InChI is InChI=1S/C21H25N5O3S/c1-14(2)29-11-5-10-26-20(28)18-19(23-9-8-22-18)25-21(26)30-13-17(27)24-16-7-4-6-15(3)12-16/h4,6-9,12,14H,5,10-11,13H2,1-3H3,(H,24,27). The molecule has 158 valence electrons. The maximum absolute atomic E-state index is 12.9. The Labute approximate surface area is 179 Å². The molecule has 8 nitrogen and oxygen atoms in total. The van der Waals surface area contributed by atoms with Crippen LogP contribution in [0.15, 0.2) is 46.6 Å². The van der Waals surface area contributed by atoms with E-state index in [1.165, 1.54) is 24.2 Å². The van der Waals surface area contributed by atoms with E-state index in [9.17, 15) is 9.59 Å². The Morgan fingerprint density at radius 1 is 1.27 bits per heavy atom. The largest absolute Gasteiger partial charge is 0.379 e. The number of rotatable bonds is 9. The summed E-state index contributed by atoms with van der Waals surface area (Å²) in [6.45, 7) is 6.85. The molecule has 3 rings (SSSR count). The Morgan fingerprint density at radius 2 is 2.07 bits per heavy atom. The first kappa shape index (κ1) is 21.9. The molecule has 1 N–H and O–H groups in total. The molecule has 0 spiro atoms. The number of hydrogen-bond acceptors (Lipinski definition) is 7. The summed E-state index contributed by atoms with van der Waals surface area (Å²) in [5.74, 6) is -0.0527. The van der Waals surface area contributed by atoms with Gasteiger partial charge in [0.05, 0.1) is 11.9 Å². The molecule has 0 aliphatic heterocycles. The van der Waals surface area contributed by atoms with E-state index in [-0.39, 0.29) is 34.5 Å². The van der Waals surface area contributed by atoms with Crippen LogP contribution in [0.3, 0.4) is 0 Å². The van der Waals surface area contributed by atoms with Gasteiger partial charge in [0.25, 0.3) is 5.56 Å². The van der Waals surface area contributed by atoms with Gasteiger partial charge in [-0.15, -0.1) is 0 Å². The number of nitrogens with zero attached hydrogens (tertiary/aromatic N) is 4. The van der Waals surface area contributed by atoms with E-state index in [4.69, 9.17) is 4.74 Å². The van der Waals surface area contributed by atoms with Crippen molar-refractivity contribution in [2.75, 3.05) is 17.7 Å². The Morgan fingerprint density at radius 3 is 2.83 bits per heavy atom. The Bertz CT molecular complexity index is 1080. The lowest BCUT2D eigenvalue weighted by Gasteiger charge is -2.13. The number of aromatic nitrogens is 4. The number of hydrogen-bond donors (Lipinski definition) is 1. The number of carbonyl (C=O) groups is 1. The lowest BCUT2D eigenvalue weighted by Crippen LogP contribution is -2.26. The lowest BCUT2D eigenvalue weighted by atomic mass is 10.2. The topological polar surface area (TPSA) is 99.0 Å². The number of carbonyl (C=O) groups excluding carboxylic acids is 1. The minimum atomic E-state index is -0.265. The maximum Gasteiger partial charge on any atom is 0.282 e. The second kappa shape index (κ2) is 10.3. The number of benzene rings is 1. The molecule has 0 saturated heterocycles. The molecule has 9 heteroatoms. The van der Waals surface area contributed by atoms with Crippen molar-refractivity contribution >= 4 is 34.5 Å². The first-order chi connectivity index (χ1) is 14.4. The minimum Gasteiger partial charge on any atom is -0.379 e. The van der Waals surface area contributed by atoms with Crippen LogP contribution in [0.1, 0.15) is 25.8 Å². The number of anilines is 1. The zero-order valence-electron chi connectivity index (χ0n) is 17.3. The SMILES string of the molecule is Cc1cccc(NC(=O)CSc2nc3nccnc3c(=O)n2CCCOC(C)C)c1. The third-order valence-electron chi connectivity index (χ3n) is 4.17. The summed E-state index contributed by atoms with van der Waals surface area (Å²) >= 11 is 1.20. The van der Waals surface area contributed by atoms with Gasteiger partial charge >= 0.3 is 0 Å². The molecule has 1 aromatic carbocycles. The second-order valence-electron chi connectivity index (χ2n) is 7.06. The quantitative estimate of drug-likeness (QED) is 0.318. The molecule has 2 aromatic heterocycles. The molecule has 0 atom stereocenters. The van der Waals surface area contributed by atoms with Crippen LogP contribution < -0.4 is 10.9 Å². The van der Waals surface area contributed by atoms with Gasteiger partial charge in [-0.2, -0.15) is 0 Å². The summed E-state index contributed by atoms with van der Waals surface area (Å²) in [4.78, 5) is 38.1. The van der Waals surface area contributed by atoms with Crippen molar-refractivity contribution in [1.29, 1.82) is 0 Å². The summed E-state index contributed by atoms with van der Waals surface area (Å²) in [7, 11) is 0. The predicted molar refractivity (Wildman–Crippen MR) is 118 cm³/mol. The molecule has 0 aliphatic rings. The molecule has 1 amide bonds. The van der Waals surface area contributed by atoms with E-state index < -0.39 is 0 Å². The van der Waals surface area contributed by atoms with E-state index in [2.05, 4.69) is 20.3 Å². The molecular formula is C21H25N5O3S. The van der Waals surface area contributed by atoms with Crippen LogP contribution in [0.5, 0.6) is 0 Å². The van der Waals surface area contributed by atoms with Crippen molar-refractivity contribution in [2.24, 2.45) is 0 Å².